The molecule has 0 bridgehead atoms. The van der Waals surface area contributed by atoms with Crippen molar-refractivity contribution in [2.24, 2.45) is 0 Å². The highest BCUT2D eigenvalue weighted by Gasteiger charge is 2.07. The Morgan fingerprint density at radius 1 is 1.54 bits per heavy atom. The summed E-state index contributed by atoms with van der Waals surface area (Å²) < 4.78 is 18.3. The fourth-order valence-corrected chi connectivity index (χ4v) is 1.64. The van der Waals surface area contributed by atoms with Crippen LogP contribution in [-0.2, 0) is 0 Å². The normalized spacial score (nSPS) is 12.6. The van der Waals surface area contributed by atoms with Crippen LogP contribution in [0.1, 0.15) is 18.4 Å². The van der Waals surface area contributed by atoms with E-state index in [9.17, 15) is 4.39 Å². The molecule has 0 aromatic heterocycles. The molecule has 1 aromatic carbocycles. The molecule has 1 aromatic rings. The maximum atomic E-state index is 12.3. The van der Waals surface area contributed by atoms with Crippen molar-refractivity contribution >= 4 is 15.9 Å². The average Bonchev–Trinajstić information content (AvgIpc) is 2.16. The summed E-state index contributed by atoms with van der Waals surface area (Å²) in [7, 11) is 1.61. The van der Waals surface area contributed by atoms with Crippen molar-refractivity contribution in [1.82, 2.24) is 0 Å². The van der Waals surface area contributed by atoms with Crippen molar-refractivity contribution in [3.63, 3.8) is 0 Å². The van der Waals surface area contributed by atoms with Gasteiger partial charge in [-0.05, 0) is 33.6 Å². The number of methoxy groups -OCH3 is 1. The highest BCUT2D eigenvalue weighted by atomic mass is 79.9. The molecule has 0 radical (unpaired) electrons. The van der Waals surface area contributed by atoms with Gasteiger partial charge < -0.3 is 4.74 Å². The third-order valence-electron chi connectivity index (χ3n) is 1.98. The lowest BCUT2D eigenvalue weighted by Crippen LogP contribution is -1.95. The first-order valence-corrected chi connectivity index (χ1v) is 4.87. The lowest BCUT2D eigenvalue weighted by molar-refractivity contribution is 0.411. The number of hydrogen-bond acceptors (Lipinski definition) is 1. The Bertz CT molecular complexity index is 288. The summed E-state index contributed by atoms with van der Waals surface area (Å²) in [6.07, 6.45) is 0. The maximum Gasteiger partial charge on any atom is 0.133 e. The highest BCUT2D eigenvalue weighted by Crippen LogP contribution is 2.28. The summed E-state index contributed by atoms with van der Waals surface area (Å²) >= 11 is 3.36. The zero-order valence-corrected chi connectivity index (χ0v) is 9.27. The Morgan fingerprint density at radius 3 is 2.69 bits per heavy atom. The number of hydrogen-bond donors (Lipinski definition) is 0. The summed E-state index contributed by atoms with van der Waals surface area (Å²) in [6.45, 7) is 1.52. The van der Waals surface area contributed by atoms with E-state index in [-0.39, 0.29) is 12.6 Å². The third kappa shape index (κ3) is 2.44. The first-order valence-electron chi connectivity index (χ1n) is 4.08. The Kier molecular flexibility index (Phi) is 3.72. The van der Waals surface area contributed by atoms with Gasteiger partial charge in [-0.25, -0.2) is 0 Å². The fourth-order valence-electron chi connectivity index (χ4n) is 1.08. The Hall–Kier alpha value is -0.570. The highest BCUT2D eigenvalue weighted by molar-refractivity contribution is 9.10. The van der Waals surface area contributed by atoms with Crippen molar-refractivity contribution in [2.75, 3.05) is 13.8 Å². The van der Waals surface area contributed by atoms with Crippen LogP contribution in [0.2, 0.25) is 0 Å². The molecular formula is C10H12BrFO. The third-order valence-corrected chi connectivity index (χ3v) is 2.60. The second-order valence-electron chi connectivity index (χ2n) is 2.95. The molecule has 1 atom stereocenters. The lowest BCUT2D eigenvalue weighted by Gasteiger charge is -2.09. The Morgan fingerprint density at radius 2 is 2.23 bits per heavy atom. The van der Waals surface area contributed by atoms with Gasteiger partial charge in [-0.3, -0.25) is 4.39 Å². The molecule has 1 unspecified atom stereocenters. The predicted molar refractivity (Wildman–Crippen MR) is 55.1 cm³/mol. The first kappa shape index (κ1) is 10.5. The van der Waals surface area contributed by atoms with E-state index in [1.54, 1.807) is 7.11 Å². The summed E-state index contributed by atoms with van der Waals surface area (Å²) in [4.78, 5) is 0. The molecule has 0 saturated heterocycles. The first-order chi connectivity index (χ1) is 6.19. The van der Waals surface area contributed by atoms with Crippen LogP contribution in [-0.4, -0.2) is 13.8 Å². The second kappa shape index (κ2) is 4.61. The monoisotopic (exact) mass is 246 g/mol. The van der Waals surface area contributed by atoms with E-state index < -0.39 is 0 Å². The zero-order chi connectivity index (χ0) is 9.84. The molecule has 0 spiro atoms. The van der Waals surface area contributed by atoms with Crippen LogP contribution in [0.5, 0.6) is 5.75 Å². The molecular weight excluding hydrogens is 235 g/mol. The van der Waals surface area contributed by atoms with E-state index in [0.29, 0.717) is 0 Å². The van der Waals surface area contributed by atoms with Crippen molar-refractivity contribution < 1.29 is 9.13 Å². The molecule has 0 amide bonds. The molecule has 0 aliphatic rings. The molecule has 3 heteroatoms. The standard InChI is InChI=1S/C10H12BrFO/c1-7(6-12)8-3-4-10(13-2)9(11)5-8/h3-5,7H,6H2,1-2H3. The van der Waals surface area contributed by atoms with Gasteiger partial charge in [0, 0.05) is 5.92 Å². The quantitative estimate of drug-likeness (QED) is 0.793. The van der Waals surface area contributed by atoms with Gasteiger partial charge in [-0.15, -0.1) is 0 Å². The van der Waals surface area contributed by atoms with Gasteiger partial charge in [-0.1, -0.05) is 13.0 Å². The van der Waals surface area contributed by atoms with Crippen molar-refractivity contribution in [3.05, 3.63) is 28.2 Å². The molecule has 1 nitrogen and oxygen atoms in total. The molecule has 72 valence electrons. The molecule has 13 heavy (non-hydrogen) atoms. The number of alkyl halides is 1. The Balaban J connectivity index is 2.95. The summed E-state index contributed by atoms with van der Waals surface area (Å²) in [5.41, 5.74) is 0.982. The number of rotatable bonds is 3. The SMILES string of the molecule is COc1ccc(C(C)CF)cc1Br. The number of benzene rings is 1. The minimum atomic E-state index is -0.335. The van der Waals surface area contributed by atoms with Crippen LogP contribution >= 0.6 is 15.9 Å². The molecule has 0 aliphatic heterocycles. The van der Waals surface area contributed by atoms with Crippen LogP contribution in [0.3, 0.4) is 0 Å². The fraction of sp³-hybridized carbons (Fsp3) is 0.400. The summed E-state index contributed by atoms with van der Waals surface area (Å²) in [5.74, 6) is 0.719. The van der Waals surface area contributed by atoms with Gasteiger partial charge in [0.05, 0.1) is 18.3 Å². The van der Waals surface area contributed by atoms with Gasteiger partial charge in [-0.2, -0.15) is 0 Å². The van der Waals surface area contributed by atoms with Gasteiger partial charge in [0.2, 0.25) is 0 Å². The van der Waals surface area contributed by atoms with Crippen molar-refractivity contribution in [2.45, 2.75) is 12.8 Å². The van der Waals surface area contributed by atoms with Gasteiger partial charge in [0.1, 0.15) is 5.75 Å². The summed E-state index contributed by atoms with van der Waals surface area (Å²) in [5, 5.41) is 0. The maximum absolute atomic E-state index is 12.3. The van der Waals surface area contributed by atoms with Crippen LogP contribution in [0.15, 0.2) is 22.7 Å². The second-order valence-corrected chi connectivity index (χ2v) is 3.80. The Labute approximate surface area is 86.0 Å². The average molecular weight is 247 g/mol. The molecule has 1 rings (SSSR count). The topological polar surface area (TPSA) is 9.23 Å². The smallest absolute Gasteiger partial charge is 0.133 e. The van der Waals surface area contributed by atoms with E-state index in [1.165, 1.54) is 0 Å². The minimum absolute atomic E-state index is 0.0535. The van der Waals surface area contributed by atoms with Gasteiger partial charge in [0.25, 0.3) is 0 Å². The zero-order valence-electron chi connectivity index (χ0n) is 7.68. The van der Waals surface area contributed by atoms with Crippen molar-refractivity contribution in [1.29, 1.82) is 0 Å². The lowest BCUT2D eigenvalue weighted by atomic mass is 10.0. The van der Waals surface area contributed by atoms with E-state index in [2.05, 4.69) is 15.9 Å². The van der Waals surface area contributed by atoms with Gasteiger partial charge >= 0.3 is 0 Å². The van der Waals surface area contributed by atoms with Crippen LogP contribution in [0, 0.1) is 0 Å². The van der Waals surface area contributed by atoms with Gasteiger partial charge in [0.15, 0.2) is 0 Å². The van der Waals surface area contributed by atoms with E-state index in [0.717, 1.165) is 15.8 Å². The van der Waals surface area contributed by atoms with Crippen LogP contribution < -0.4 is 4.74 Å². The molecule has 0 N–H and O–H groups in total. The molecule has 0 saturated carbocycles. The molecule has 0 aliphatic carbocycles. The van der Waals surface area contributed by atoms with Crippen LogP contribution in [0.25, 0.3) is 0 Å². The van der Waals surface area contributed by atoms with E-state index >= 15 is 0 Å². The van der Waals surface area contributed by atoms with Crippen molar-refractivity contribution in [3.8, 4) is 5.75 Å². The summed E-state index contributed by atoms with van der Waals surface area (Å²) in [6, 6.07) is 5.61. The van der Waals surface area contributed by atoms with Crippen LogP contribution in [0.4, 0.5) is 4.39 Å². The van der Waals surface area contributed by atoms with E-state index in [4.69, 9.17) is 4.74 Å². The number of halogens is 2. The molecule has 0 fully saturated rings. The number of ether oxygens (including phenoxy) is 1. The predicted octanol–water partition coefficient (Wildman–Crippen LogP) is 3.53. The molecule has 0 heterocycles. The van der Waals surface area contributed by atoms with E-state index in [1.807, 2.05) is 25.1 Å². The minimum Gasteiger partial charge on any atom is -0.496 e. The largest absolute Gasteiger partial charge is 0.496 e.